The molecule has 0 aliphatic carbocycles. The normalized spacial score (nSPS) is 16.9. The largest absolute Gasteiger partial charge is 0.490 e. The highest BCUT2D eigenvalue weighted by Gasteiger charge is 2.21. The maximum Gasteiger partial charge on any atom is 0.191 e. The second kappa shape index (κ2) is 11.7. The van der Waals surface area contributed by atoms with Crippen molar-refractivity contribution in [3.63, 3.8) is 0 Å². The SMILES string of the molecule is CN=C(NCCOc1cccnc1)NC1CCCN(c2cccc(F)c2)C1.I. The van der Waals surface area contributed by atoms with Crippen LogP contribution in [0.3, 0.4) is 0 Å². The third-order valence-corrected chi connectivity index (χ3v) is 4.46. The first-order chi connectivity index (χ1) is 13.2. The minimum absolute atomic E-state index is 0. The molecule has 0 amide bonds. The molecule has 1 aliphatic rings. The summed E-state index contributed by atoms with van der Waals surface area (Å²) in [6.07, 6.45) is 5.51. The second-order valence-electron chi connectivity index (χ2n) is 6.45. The van der Waals surface area contributed by atoms with Crippen molar-refractivity contribution >= 4 is 35.6 Å². The summed E-state index contributed by atoms with van der Waals surface area (Å²) in [7, 11) is 1.75. The van der Waals surface area contributed by atoms with Gasteiger partial charge in [0.1, 0.15) is 18.2 Å². The fourth-order valence-corrected chi connectivity index (χ4v) is 3.16. The van der Waals surface area contributed by atoms with Gasteiger partial charge in [0, 0.05) is 38.1 Å². The van der Waals surface area contributed by atoms with Crippen molar-refractivity contribution in [2.75, 3.05) is 38.2 Å². The van der Waals surface area contributed by atoms with E-state index in [1.54, 1.807) is 31.6 Å². The highest BCUT2D eigenvalue weighted by atomic mass is 127. The molecule has 1 fully saturated rings. The summed E-state index contributed by atoms with van der Waals surface area (Å²) >= 11 is 0. The zero-order valence-corrected chi connectivity index (χ0v) is 18.3. The van der Waals surface area contributed by atoms with Crippen LogP contribution in [0.4, 0.5) is 10.1 Å². The van der Waals surface area contributed by atoms with E-state index in [9.17, 15) is 4.39 Å². The molecule has 6 nitrogen and oxygen atoms in total. The molecule has 152 valence electrons. The number of piperidine rings is 1. The number of aromatic nitrogens is 1. The van der Waals surface area contributed by atoms with E-state index in [1.165, 1.54) is 6.07 Å². The van der Waals surface area contributed by atoms with E-state index < -0.39 is 0 Å². The Bertz CT molecular complexity index is 746. The molecule has 1 atom stereocenters. The van der Waals surface area contributed by atoms with Crippen molar-refractivity contribution in [3.8, 4) is 5.75 Å². The molecular formula is C20H27FIN5O. The number of rotatable bonds is 6. The first-order valence-electron chi connectivity index (χ1n) is 9.25. The molecule has 1 saturated heterocycles. The Kier molecular flexibility index (Phi) is 9.26. The summed E-state index contributed by atoms with van der Waals surface area (Å²) in [5.74, 6) is 1.30. The molecule has 2 N–H and O–H groups in total. The van der Waals surface area contributed by atoms with Gasteiger partial charge in [-0.05, 0) is 43.2 Å². The van der Waals surface area contributed by atoms with Gasteiger partial charge in [0.25, 0.3) is 0 Å². The standard InChI is InChI=1S/C20H26FN5O.HI/c1-22-20(24-10-12-27-19-8-3-9-23-14-19)25-17-6-4-11-26(15-17)18-7-2-5-16(21)13-18;/h2-3,5,7-9,13-14,17H,4,6,10-12,15H2,1H3,(H2,22,24,25);1H. The molecule has 8 heteroatoms. The van der Waals surface area contributed by atoms with E-state index in [2.05, 4.69) is 25.5 Å². The maximum absolute atomic E-state index is 13.5. The topological polar surface area (TPSA) is 61.8 Å². The van der Waals surface area contributed by atoms with Crippen LogP contribution in [0, 0.1) is 5.82 Å². The molecule has 1 aliphatic heterocycles. The van der Waals surface area contributed by atoms with Crippen LogP contribution in [-0.2, 0) is 0 Å². The zero-order chi connectivity index (χ0) is 18.9. The fraction of sp³-hybridized carbons (Fsp3) is 0.400. The van der Waals surface area contributed by atoms with Crippen molar-refractivity contribution in [3.05, 3.63) is 54.6 Å². The Morgan fingerprint density at radius 2 is 2.25 bits per heavy atom. The molecule has 0 saturated carbocycles. The lowest BCUT2D eigenvalue weighted by Crippen LogP contribution is -2.51. The molecule has 0 bridgehead atoms. The van der Waals surface area contributed by atoms with Crippen molar-refractivity contribution in [2.45, 2.75) is 18.9 Å². The van der Waals surface area contributed by atoms with Gasteiger partial charge in [0.05, 0.1) is 12.7 Å². The minimum Gasteiger partial charge on any atom is -0.490 e. The van der Waals surface area contributed by atoms with Gasteiger partial charge in [0.2, 0.25) is 0 Å². The average molecular weight is 499 g/mol. The third-order valence-electron chi connectivity index (χ3n) is 4.46. The summed E-state index contributed by atoms with van der Waals surface area (Å²) in [5.41, 5.74) is 0.925. The highest BCUT2D eigenvalue weighted by Crippen LogP contribution is 2.20. The van der Waals surface area contributed by atoms with E-state index in [1.807, 2.05) is 18.2 Å². The van der Waals surface area contributed by atoms with Gasteiger partial charge >= 0.3 is 0 Å². The number of ether oxygens (including phenoxy) is 1. The van der Waals surface area contributed by atoms with Crippen LogP contribution >= 0.6 is 24.0 Å². The molecule has 0 radical (unpaired) electrons. The zero-order valence-electron chi connectivity index (χ0n) is 16.0. The third kappa shape index (κ3) is 6.81. The van der Waals surface area contributed by atoms with E-state index in [0.29, 0.717) is 13.2 Å². The number of hydrogen-bond acceptors (Lipinski definition) is 4. The van der Waals surface area contributed by atoms with Gasteiger partial charge in [0.15, 0.2) is 5.96 Å². The van der Waals surface area contributed by atoms with Gasteiger partial charge in [-0.15, -0.1) is 24.0 Å². The molecule has 2 aromatic rings. The van der Waals surface area contributed by atoms with Crippen LogP contribution in [0.2, 0.25) is 0 Å². The van der Waals surface area contributed by atoms with Crippen LogP contribution in [-0.4, -0.2) is 50.3 Å². The van der Waals surface area contributed by atoms with E-state index >= 15 is 0 Å². The number of guanidine groups is 1. The van der Waals surface area contributed by atoms with Crippen LogP contribution in [0.15, 0.2) is 53.8 Å². The number of nitrogens with one attached hydrogen (secondary N) is 2. The van der Waals surface area contributed by atoms with Crippen LogP contribution in [0.5, 0.6) is 5.75 Å². The molecule has 1 aromatic carbocycles. The smallest absolute Gasteiger partial charge is 0.191 e. The molecular weight excluding hydrogens is 472 g/mol. The lowest BCUT2D eigenvalue weighted by Gasteiger charge is -2.35. The molecule has 3 rings (SSSR count). The number of hydrogen-bond donors (Lipinski definition) is 2. The summed E-state index contributed by atoms with van der Waals surface area (Å²) in [6.45, 7) is 2.91. The molecule has 2 heterocycles. The Morgan fingerprint density at radius 1 is 1.36 bits per heavy atom. The maximum atomic E-state index is 13.5. The van der Waals surface area contributed by atoms with E-state index in [0.717, 1.165) is 43.3 Å². The Hall–Kier alpha value is -2.10. The number of aliphatic imine (C=N–C) groups is 1. The molecule has 1 aromatic heterocycles. The summed E-state index contributed by atoms with van der Waals surface area (Å²) in [4.78, 5) is 10.5. The van der Waals surface area contributed by atoms with Gasteiger partial charge in [-0.3, -0.25) is 9.98 Å². The molecule has 0 spiro atoms. The summed E-state index contributed by atoms with van der Waals surface area (Å²) < 4.78 is 19.1. The van der Waals surface area contributed by atoms with Gasteiger partial charge in [-0.1, -0.05) is 6.07 Å². The number of halogens is 2. The number of nitrogens with zero attached hydrogens (tertiary/aromatic N) is 3. The predicted octanol–water partition coefficient (Wildman–Crippen LogP) is 3.05. The van der Waals surface area contributed by atoms with Gasteiger partial charge in [-0.2, -0.15) is 0 Å². The number of pyridine rings is 1. The van der Waals surface area contributed by atoms with Crippen LogP contribution in [0.25, 0.3) is 0 Å². The summed E-state index contributed by atoms with van der Waals surface area (Å²) in [6, 6.07) is 10.7. The van der Waals surface area contributed by atoms with Crippen molar-refractivity contribution in [1.82, 2.24) is 15.6 Å². The number of anilines is 1. The van der Waals surface area contributed by atoms with Crippen LogP contribution in [0.1, 0.15) is 12.8 Å². The first kappa shape index (κ1) is 22.2. The van der Waals surface area contributed by atoms with E-state index in [4.69, 9.17) is 4.74 Å². The van der Waals surface area contributed by atoms with Gasteiger partial charge in [-0.25, -0.2) is 4.39 Å². The fourth-order valence-electron chi connectivity index (χ4n) is 3.16. The first-order valence-corrected chi connectivity index (χ1v) is 9.25. The number of benzene rings is 1. The lowest BCUT2D eigenvalue weighted by molar-refractivity contribution is 0.320. The molecule has 1 unspecified atom stereocenters. The van der Waals surface area contributed by atoms with E-state index in [-0.39, 0.29) is 35.8 Å². The minimum atomic E-state index is -0.200. The summed E-state index contributed by atoms with van der Waals surface area (Å²) in [5, 5.41) is 6.72. The average Bonchev–Trinajstić information content (AvgIpc) is 2.71. The second-order valence-corrected chi connectivity index (χ2v) is 6.45. The van der Waals surface area contributed by atoms with Crippen molar-refractivity contribution in [2.24, 2.45) is 4.99 Å². The van der Waals surface area contributed by atoms with Crippen molar-refractivity contribution < 1.29 is 9.13 Å². The Labute approximate surface area is 182 Å². The lowest BCUT2D eigenvalue weighted by atomic mass is 10.0. The Balaban J connectivity index is 0.00000280. The molecule has 28 heavy (non-hydrogen) atoms. The predicted molar refractivity (Wildman–Crippen MR) is 121 cm³/mol. The highest BCUT2D eigenvalue weighted by molar-refractivity contribution is 14.0. The quantitative estimate of drug-likeness (QED) is 0.277. The van der Waals surface area contributed by atoms with Crippen molar-refractivity contribution in [1.29, 1.82) is 0 Å². The Morgan fingerprint density at radius 3 is 3.00 bits per heavy atom. The monoisotopic (exact) mass is 499 g/mol. The van der Waals surface area contributed by atoms with Gasteiger partial charge < -0.3 is 20.3 Å². The van der Waals surface area contributed by atoms with Crippen LogP contribution < -0.4 is 20.3 Å².